The molecule has 0 bridgehead atoms. The van der Waals surface area contributed by atoms with E-state index in [4.69, 9.17) is 0 Å². The molecule has 52 heavy (non-hydrogen) atoms. The van der Waals surface area contributed by atoms with E-state index in [1.54, 1.807) is 61.4 Å². The van der Waals surface area contributed by atoms with Gasteiger partial charge in [-0.25, -0.2) is 0 Å². The summed E-state index contributed by atoms with van der Waals surface area (Å²) in [5.74, 6) is 0. The van der Waals surface area contributed by atoms with Gasteiger partial charge in [-0.05, 0) is 46.5 Å². The zero-order valence-electron chi connectivity index (χ0n) is 26.7. The maximum Gasteiger partial charge on any atom is 0.347 e. The molecular weight excluding hydrogens is 672 g/mol. The highest BCUT2D eigenvalue weighted by Gasteiger charge is 2.27. The fourth-order valence-corrected chi connectivity index (χ4v) is 5.17. The van der Waals surface area contributed by atoms with Gasteiger partial charge in [0.2, 0.25) is 0 Å². The van der Waals surface area contributed by atoms with Gasteiger partial charge in [0.05, 0.1) is 31.1 Å². The van der Waals surface area contributed by atoms with Gasteiger partial charge in [0, 0.05) is 60.9 Å². The number of hydrogen-bond donors (Lipinski definition) is 0. The van der Waals surface area contributed by atoms with Crippen molar-refractivity contribution >= 4 is 47.1 Å². The highest BCUT2D eigenvalue weighted by Crippen LogP contribution is 2.26. The van der Waals surface area contributed by atoms with E-state index in [2.05, 4.69) is 9.97 Å². The molecule has 6 aromatic rings. The van der Waals surface area contributed by atoms with Crippen LogP contribution >= 0.6 is 0 Å². The quantitative estimate of drug-likeness (QED) is 0.0798. The number of nitrogens with zero attached hydrogens (tertiary/aromatic N) is 8. The molecule has 0 atom stereocenters. The van der Waals surface area contributed by atoms with Crippen LogP contribution in [0.4, 0.5) is 22.7 Å². The average molecular weight is 697 g/mol. The van der Waals surface area contributed by atoms with Crippen LogP contribution in [0.1, 0.15) is 22.3 Å². The predicted molar refractivity (Wildman–Crippen MR) is 188 cm³/mol. The lowest BCUT2D eigenvalue weighted by Gasteiger charge is -2.03. The van der Waals surface area contributed by atoms with Crippen LogP contribution in [0.15, 0.2) is 122 Å². The summed E-state index contributed by atoms with van der Waals surface area (Å²) in [6.45, 7) is 0. The third-order valence-corrected chi connectivity index (χ3v) is 7.77. The standard InChI is InChI=1S/C36H24N8O8/c45-41(46)29-5-7-33(35(23-29)43(49)50)39-17-11-25(12-18-39)1-3-27-9-15-37-31(21-27)32-22-28(10-16-38-32)4-2-26-13-19-40(20-14-26)34-8-6-30(42(47)48)24-36(34)44(51)52/h1-24H/q+2/b3-1+,4-2+. The number of non-ortho nitro benzene ring substituents is 2. The van der Waals surface area contributed by atoms with Crippen LogP contribution in [-0.2, 0) is 0 Å². The van der Waals surface area contributed by atoms with Crippen LogP contribution in [-0.4, -0.2) is 29.7 Å². The summed E-state index contributed by atoms with van der Waals surface area (Å²) in [7, 11) is 0. The SMILES string of the molecule is O=[N+]([O-])c1ccc(-[n+]2ccc(/C=C/c3ccnc(-c4cc(/C=C/c5cc[n+](-c6ccc([N+](=O)[O-])cc6[N+](=O)[O-])cc5)ccn4)c3)cc2)c([N+](=O)[O-])c1. The van der Waals surface area contributed by atoms with Gasteiger partial charge < -0.3 is 0 Å². The summed E-state index contributed by atoms with van der Waals surface area (Å²) < 4.78 is 3.03. The summed E-state index contributed by atoms with van der Waals surface area (Å²) in [6.07, 6.45) is 17.4. The zero-order valence-corrected chi connectivity index (χ0v) is 26.7. The molecule has 16 nitrogen and oxygen atoms in total. The Morgan fingerprint density at radius 2 is 0.808 bits per heavy atom. The van der Waals surface area contributed by atoms with Crippen molar-refractivity contribution in [3.05, 3.63) is 185 Å². The van der Waals surface area contributed by atoms with Crippen LogP contribution in [0.2, 0.25) is 0 Å². The molecular formula is C36H24N8O8+2. The second-order valence-electron chi connectivity index (χ2n) is 11.1. The Bertz CT molecular complexity index is 2260. The Labute approximate surface area is 293 Å². The van der Waals surface area contributed by atoms with Crippen LogP contribution in [0.5, 0.6) is 0 Å². The van der Waals surface area contributed by atoms with Crippen LogP contribution in [0.25, 0.3) is 47.1 Å². The third-order valence-electron chi connectivity index (χ3n) is 7.77. The summed E-state index contributed by atoms with van der Waals surface area (Å²) in [5.41, 5.74) is 3.47. The number of aromatic nitrogens is 4. The number of rotatable bonds is 11. The number of pyridine rings is 4. The number of benzene rings is 2. The van der Waals surface area contributed by atoms with Crippen molar-refractivity contribution in [1.82, 2.24) is 9.97 Å². The summed E-state index contributed by atoms with van der Waals surface area (Å²) in [4.78, 5) is 51.5. The number of hydrogen-bond acceptors (Lipinski definition) is 10. The molecule has 0 radical (unpaired) electrons. The van der Waals surface area contributed by atoms with E-state index < -0.39 is 19.7 Å². The maximum atomic E-state index is 11.5. The molecule has 0 saturated carbocycles. The molecule has 0 unspecified atom stereocenters. The predicted octanol–water partition coefficient (Wildman–Crippen LogP) is 6.67. The smallest absolute Gasteiger partial charge is 0.258 e. The minimum absolute atomic E-state index is 0.194. The van der Waals surface area contributed by atoms with Crippen LogP contribution in [0, 0.1) is 40.5 Å². The van der Waals surface area contributed by atoms with Gasteiger partial charge in [0.15, 0.2) is 24.8 Å². The fourth-order valence-electron chi connectivity index (χ4n) is 5.17. The van der Waals surface area contributed by atoms with E-state index in [0.29, 0.717) is 11.4 Å². The first-order valence-corrected chi connectivity index (χ1v) is 15.2. The normalized spacial score (nSPS) is 11.2. The number of nitro groups is 4. The molecule has 0 fully saturated rings. The summed E-state index contributed by atoms with van der Waals surface area (Å²) in [6, 6.07) is 21.4. The highest BCUT2D eigenvalue weighted by molar-refractivity contribution is 5.74. The van der Waals surface area contributed by atoms with Crippen molar-refractivity contribution in [2.45, 2.75) is 0 Å². The monoisotopic (exact) mass is 696 g/mol. The largest absolute Gasteiger partial charge is 0.347 e. The first-order chi connectivity index (χ1) is 25.0. The molecule has 0 aliphatic carbocycles. The van der Waals surface area contributed by atoms with E-state index in [1.165, 1.54) is 33.4 Å². The Morgan fingerprint density at radius 3 is 1.15 bits per heavy atom. The van der Waals surface area contributed by atoms with E-state index in [-0.39, 0.29) is 34.1 Å². The van der Waals surface area contributed by atoms with Crippen molar-refractivity contribution in [1.29, 1.82) is 0 Å². The molecule has 0 amide bonds. The van der Waals surface area contributed by atoms with Gasteiger partial charge in [-0.3, -0.25) is 50.4 Å². The molecule has 4 heterocycles. The first-order valence-electron chi connectivity index (χ1n) is 15.2. The van der Waals surface area contributed by atoms with E-state index in [9.17, 15) is 40.5 Å². The third kappa shape index (κ3) is 7.71. The number of nitro benzene ring substituents is 4. The average Bonchev–Trinajstić information content (AvgIpc) is 3.16. The minimum atomic E-state index is -0.681. The molecule has 2 aromatic carbocycles. The molecule has 16 heteroatoms. The van der Waals surface area contributed by atoms with Crippen LogP contribution in [0.3, 0.4) is 0 Å². The van der Waals surface area contributed by atoms with Gasteiger partial charge >= 0.3 is 11.4 Å². The van der Waals surface area contributed by atoms with E-state index >= 15 is 0 Å². The van der Waals surface area contributed by atoms with Crippen molar-refractivity contribution in [3.8, 4) is 22.8 Å². The maximum absolute atomic E-state index is 11.5. The topological polar surface area (TPSA) is 206 Å². The molecule has 0 aliphatic heterocycles. The van der Waals surface area contributed by atoms with Gasteiger partial charge in [0.25, 0.3) is 22.7 Å². The lowest BCUT2D eigenvalue weighted by molar-refractivity contribution is -0.601. The Balaban J connectivity index is 1.15. The summed E-state index contributed by atoms with van der Waals surface area (Å²) in [5, 5.41) is 45.2. The molecule has 0 aliphatic rings. The molecule has 254 valence electrons. The lowest BCUT2D eigenvalue weighted by atomic mass is 10.1. The van der Waals surface area contributed by atoms with Crippen molar-refractivity contribution in [3.63, 3.8) is 0 Å². The van der Waals surface area contributed by atoms with Crippen molar-refractivity contribution in [2.75, 3.05) is 0 Å². The molecule has 0 saturated heterocycles. The second kappa shape index (κ2) is 14.7. The molecule has 0 spiro atoms. The first kappa shape index (κ1) is 34.0. The van der Waals surface area contributed by atoms with Gasteiger partial charge in [-0.15, -0.1) is 0 Å². The van der Waals surface area contributed by atoms with Gasteiger partial charge in [0.1, 0.15) is 12.1 Å². The van der Waals surface area contributed by atoms with E-state index in [0.717, 1.165) is 34.4 Å². The summed E-state index contributed by atoms with van der Waals surface area (Å²) >= 11 is 0. The van der Waals surface area contributed by atoms with Gasteiger partial charge in [-0.1, -0.05) is 24.3 Å². The van der Waals surface area contributed by atoms with Crippen LogP contribution < -0.4 is 9.13 Å². The minimum Gasteiger partial charge on any atom is -0.258 e. The second-order valence-corrected chi connectivity index (χ2v) is 11.1. The Morgan fingerprint density at radius 1 is 0.442 bits per heavy atom. The zero-order chi connectivity index (χ0) is 36.8. The highest BCUT2D eigenvalue weighted by atomic mass is 16.6. The molecule has 0 N–H and O–H groups in total. The fraction of sp³-hybridized carbons (Fsp3) is 0. The molecule has 4 aromatic heterocycles. The van der Waals surface area contributed by atoms with E-state index in [1.807, 2.05) is 48.6 Å². The lowest BCUT2D eigenvalue weighted by Crippen LogP contribution is -2.30. The van der Waals surface area contributed by atoms with Gasteiger partial charge in [-0.2, -0.15) is 9.13 Å². The Kier molecular flexibility index (Phi) is 9.62. The van der Waals surface area contributed by atoms with Crippen molar-refractivity contribution < 1.29 is 28.8 Å². The molecule has 6 rings (SSSR count). The van der Waals surface area contributed by atoms with Crippen molar-refractivity contribution in [2.24, 2.45) is 0 Å². The Hall–Kier alpha value is -7.88.